The zero-order chi connectivity index (χ0) is 16.5. The maximum absolute atomic E-state index is 13.3. The van der Waals surface area contributed by atoms with Crippen LogP contribution in [0.15, 0.2) is 18.2 Å². The van der Waals surface area contributed by atoms with E-state index in [-0.39, 0.29) is 17.5 Å². The molecule has 22 heavy (non-hydrogen) atoms. The van der Waals surface area contributed by atoms with Gasteiger partial charge in [-0.25, -0.2) is 9.18 Å². The lowest BCUT2D eigenvalue weighted by Crippen LogP contribution is -2.35. The molecule has 2 rings (SSSR count). The number of benzene rings is 1. The van der Waals surface area contributed by atoms with E-state index in [1.807, 2.05) is 20.8 Å². The van der Waals surface area contributed by atoms with Crippen molar-refractivity contribution in [2.24, 2.45) is 5.92 Å². The molecule has 1 fully saturated rings. The van der Waals surface area contributed by atoms with Crippen LogP contribution in [0.5, 0.6) is 0 Å². The van der Waals surface area contributed by atoms with Crippen molar-refractivity contribution in [3.8, 4) is 0 Å². The van der Waals surface area contributed by atoms with Crippen LogP contribution in [-0.4, -0.2) is 35.5 Å². The first-order chi connectivity index (χ1) is 10.2. The van der Waals surface area contributed by atoms with Crippen molar-refractivity contribution in [2.75, 3.05) is 13.1 Å². The molecule has 0 aromatic heterocycles. The fraction of sp³-hybridized carbons (Fsp3) is 0.529. The minimum absolute atomic E-state index is 0.0471. The third-order valence-electron chi connectivity index (χ3n) is 3.65. The van der Waals surface area contributed by atoms with Gasteiger partial charge in [0, 0.05) is 24.6 Å². The summed E-state index contributed by atoms with van der Waals surface area (Å²) < 4.78 is 18.6. The first-order valence-corrected chi connectivity index (χ1v) is 7.45. The van der Waals surface area contributed by atoms with Crippen LogP contribution in [0.1, 0.15) is 43.1 Å². The van der Waals surface area contributed by atoms with Crippen LogP contribution in [0.25, 0.3) is 0 Å². The van der Waals surface area contributed by atoms with Gasteiger partial charge < -0.3 is 9.64 Å². The van der Waals surface area contributed by atoms with Gasteiger partial charge in [-0.05, 0) is 57.9 Å². The van der Waals surface area contributed by atoms with Gasteiger partial charge in [0.25, 0.3) is 0 Å². The number of halogens is 1. The second kappa shape index (κ2) is 6.07. The summed E-state index contributed by atoms with van der Waals surface area (Å²) in [6.07, 6.45) is 0.215. The van der Waals surface area contributed by atoms with Crippen molar-refractivity contribution in [1.29, 1.82) is 0 Å². The van der Waals surface area contributed by atoms with Crippen molar-refractivity contribution in [2.45, 2.75) is 39.7 Å². The van der Waals surface area contributed by atoms with Crippen LogP contribution in [0.4, 0.5) is 9.18 Å². The van der Waals surface area contributed by atoms with E-state index in [1.165, 1.54) is 12.1 Å². The van der Waals surface area contributed by atoms with Crippen LogP contribution < -0.4 is 0 Å². The lowest BCUT2D eigenvalue weighted by Gasteiger charge is -2.24. The Morgan fingerprint density at radius 1 is 1.32 bits per heavy atom. The minimum atomic E-state index is -0.548. The monoisotopic (exact) mass is 307 g/mol. The summed E-state index contributed by atoms with van der Waals surface area (Å²) in [4.78, 5) is 26.0. The topological polar surface area (TPSA) is 46.6 Å². The molecule has 120 valence electrons. The molecule has 1 saturated heterocycles. The zero-order valence-electron chi connectivity index (χ0n) is 13.5. The molecule has 1 aliphatic heterocycles. The van der Waals surface area contributed by atoms with E-state index in [1.54, 1.807) is 17.9 Å². The highest BCUT2D eigenvalue weighted by atomic mass is 19.1. The highest BCUT2D eigenvalue weighted by Gasteiger charge is 2.33. The number of Topliss-reactive ketones (excluding diaryl/α,β-unsaturated/α-hetero) is 1. The van der Waals surface area contributed by atoms with Gasteiger partial charge in [0.2, 0.25) is 0 Å². The van der Waals surface area contributed by atoms with Gasteiger partial charge in [-0.2, -0.15) is 0 Å². The number of hydrogen-bond acceptors (Lipinski definition) is 3. The number of ketones is 1. The molecule has 0 bridgehead atoms. The molecule has 4 nitrogen and oxygen atoms in total. The average Bonchev–Trinajstić information content (AvgIpc) is 2.89. The number of nitrogens with zero attached hydrogens (tertiary/aromatic N) is 1. The average molecular weight is 307 g/mol. The second-order valence-corrected chi connectivity index (χ2v) is 6.74. The van der Waals surface area contributed by atoms with E-state index in [4.69, 9.17) is 4.74 Å². The van der Waals surface area contributed by atoms with Crippen molar-refractivity contribution in [1.82, 2.24) is 4.90 Å². The maximum atomic E-state index is 13.3. The number of ether oxygens (including phenoxy) is 1. The fourth-order valence-corrected chi connectivity index (χ4v) is 2.50. The number of amides is 1. The van der Waals surface area contributed by atoms with E-state index in [0.717, 1.165) is 0 Å². The Labute approximate surface area is 130 Å². The second-order valence-electron chi connectivity index (χ2n) is 6.74. The van der Waals surface area contributed by atoms with Gasteiger partial charge in [0.05, 0.1) is 0 Å². The number of carbonyl (C=O) groups excluding carboxylic acids is 2. The Bertz CT molecular complexity index is 592. The fourth-order valence-electron chi connectivity index (χ4n) is 2.50. The number of rotatable bonds is 2. The smallest absolute Gasteiger partial charge is 0.410 e. The van der Waals surface area contributed by atoms with Gasteiger partial charge in [-0.1, -0.05) is 0 Å². The first kappa shape index (κ1) is 16.5. The molecular formula is C17H22FNO3. The summed E-state index contributed by atoms with van der Waals surface area (Å²) in [5.41, 5.74) is 0.399. The molecule has 1 aromatic carbocycles. The number of hydrogen-bond donors (Lipinski definition) is 0. The van der Waals surface area contributed by atoms with E-state index in [9.17, 15) is 14.0 Å². The van der Waals surface area contributed by atoms with Crippen LogP contribution in [0, 0.1) is 18.7 Å². The quantitative estimate of drug-likeness (QED) is 0.785. The summed E-state index contributed by atoms with van der Waals surface area (Å²) >= 11 is 0. The molecule has 0 unspecified atom stereocenters. The normalized spacial score (nSPS) is 18.4. The first-order valence-electron chi connectivity index (χ1n) is 7.45. The highest BCUT2D eigenvalue weighted by Crippen LogP contribution is 2.23. The van der Waals surface area contributed by atoms with E-state index in [2.05, 4.69) is 0 Å². The SMILES string of the molecule is Cc1cc(C(=O)[C@@H]2CCN(C(=O)OC(C)(C)C)C2)ccc1F. The standard InChI is InChI=1S/C17H22FNO3/c1-11-9-12(5-6-14(11)18)15(20)13-7-8-19(10-13)16(21)22-17(2,3)4/h5-6,9,13H,7-8,10H2,1-4H3/t13-/m1/s1. The Kier molecular flexibility index (Phi) is 4.54. The molecule has 0 spiro atoms. The number of carbonyl (C=O) groups is 2. The van der Waals surface area contributed by atoms with Gasteiger partial charge in [0.15, 0.2) is 5.78 Å². The Hall–Kier alpha value is -1.91. The molecule has 1 aromatic rings. The lowest BCUT2D eigenvalue weighted by atomic mass is 9.96. The van der Waals surface area contributed by atoms with E-state index >= 15 is 0 Å². The van der Waals surface area contributed by atoms with Crippen molar-refractivity contribution >= 4 is 11.9 Å². The number of likely N-dealkylation sites (tertiary alicyclic amines) is 1. The van der Waals surface area contributed by atoms with E-state index < -0.39 is 11.7 Å². The summed E-state index contributed by atoms with van der Waals surface area (Å²) in [7, 11) is 0. The molecule has 1 heterocycles. The van der Waals surface area contributed by atoms with Crippen molar-refractivity contribution in [3.63, 3.8) is 0 Å². The summed E-state index contributed by atoms with van der Waals surface area (Å²) in [5, 5.41) is 0. The molecule has 5 heteroatoms. The lowest BCUT2D eigenvalue weighted by molar-refractivity contribution is 0.0289. The highest BCUT2D eigenvalue weighted by molar-refractivity contribution is 5.98. The predicted octanol–water partition coefficient (Wildman–Crippen LogP) is 3.57. The van der Waals surface area contributed by atoms with Crippen LogP contribution in [-0.2, 0) is 4.74 Å². The summed E-state index contributed by atoms with van der Waals surface area (Å²) in [5.74, 6) is -0.620. The van der Waals surface area contributed by atoms with E-state index in [0.29, 0.717) is 30.6 Å². The van der Waals surface area contributed by atoms with Crippen molar-refractivity contribution in [3.05, 3.63) is 35.1 Å². The third kappa shape index (κ3) is 3.84. The molecule has 0 radical (unpaired) electrons. The van der Waals surface area contributed by atoms with Crippen molar-refractivity contribution < 1.29 is 18.7 Å². The van der Waals surface area contributed by atoms with Gasteiger partial charge in [-0.3, -0.25) is 4.79 Å². The molecule has 1 atom stereocenters. The van der Waals surface area contributed by atoms with Crippen LogP contribution >= 0.6 is 0 Å². The molecule has 0 saturated carbocycles. The largest absolute Gasteiger partial charge is 0.444 e. The van der Waals surface area contributed by atoms with Gasteiger partial charge in [0.1, 0.15) is 11.4 Å². The zero-order valence-corrected chi connectivity index (χ0v) is 13.5. The Morgan fingerprint density at radius 2 is 2.00 bits per heavy atom. The molecule has 0 aliphatic carbocycles. The Balaban J connectivity index is 2.02. The third-order valence-corrected chi connectivity index (χ3v) is 3.65. The maximum Gasteiger partial charge on any atom is 0.410 e. The Morgan fingerprint density at radius 3 is 2.59 bits per heavy atom. The predicted molar refractivity (Wildman–Crippen MR) is 81.4 cm³/mol. The molecular weight excluding hydrogens is 285 g/mol. The molecule has 1 amide bonds. The van der Waals surface area contributed by atoms with Gasteiger partial charge in [-0.15, -0.1) is 0 Å². The van der Waals surface area contributed by atoms with Crippen LogP contribution in [0.2, 0.25) is 0 Å². The van der Waals surface area contributed by atoms with Gasteiger partial charge >= 0.3 is 6.09 Å². The minimum Gasteiger partial charge on any atom is -0.444 e. The summed E-state index contributed by atoms with van der Waals surface area (Å²) in [6.45, 7) is 7.92. The summed E-state index contributed by atoms with van der Waals surface area (Å²) in [6, 6.07) is 4.37. The van der Waals surface area contributed by atoms with Crippen LogP contribution in [0.3, 0.4) is 0 Å². The number of aryl methyl sites for hydroxylation is 1. The molecule has 1 aliphatic rings. The molecule has 0 N–H and O–H groups in total.